The molecule has 2 N–H and O–H groups in total. The zero-order valence-electron chi connectivity index (χ0n) is 8.83. The number of benzene rings is 1. The van der Waals surface area contributed by atoms with Crippen LogP contribution in [0.5, 0.6) is 0 Å². The number of nitrogens with one attached hydrogen (secondary N) is 1. The van der Waals surface area contributed by atoms with E-state index >= 15 is 0 Å². The Labute approximate surface area is 90.9 Å². The van der Waals surface area contributed by atoms with Gasteiger partial charge in [-0.2, -0.15) is 0 Å². The van der Waals surface area contributed by atoms with E-state index in [-0.39, 0.29) is 5.56 Å². The number of carboxylic acid groups (broad SMARTS) is 1. The maximum Gasteiger partial charge on any atom is 0.336 e. The second kappa shape index (κ2) is 4.44. The molecule has 0 aliphatic heterocycles. The molecule has 0 aliphatic rings. The molecule has 0 spiro atoms. The van der Waals surface area contributed by atoms with Crippen molar-refractivity contribution in [3.05, 3.63) is 28.8 Å². The van der Waals surface area contributed by atoms with E-state index in [1.165, 1.54) is 12.3 Å². The minimum absolute atomic E-state index is 0.239. The Bertz CT molecular complexity index is 429. The first-order valence-electron chi connectivity index (χ1n) is 4.36. The van der Waals surface area contributed by atoms with Crippen molar-refractivity contribution in [2.45, 2.75) is 13.8 Å². The van der Waals surface area contributed by atoms with Crippen molar-refractivity contribution in [1.29, 1.82) is 0 Å². The summed E-state index contributed by atoms with van der Waals surface area (Å²) >= 11 is 0. The van der Waals surface area contributed by atoms with Gasteiger partial charge in [0.05, 0.1) is 5.56 Å². The van der Waals surface area contributed by atoms with Crippen LogP contribution in [0.4, 0.5) is 5.69 Å². The summed E-state index contributed by atoms with van der Waals surface area (Å²) in [5.41, 5.74) is 2.40. The van der Waals surface area contributed by atoms with Gasteiger partial charge >= 0.3 is 5.97 Å². The first-order chi connectivity index (χ1) is 6.91. The molecule has 0 amide bonds. The van der Waals surface area contributed by atoms with Crippen molar-refractivity contribution in [2.75, 3.05) is 11.0 Å². The smallest absolute Gasteiger partial charge is 0.336 e. The largest absolute Gasteiger partial charge is 0.478 e. The zero-order valence-corrected chi connectivity index (χ0v) is 9.64. The average Bonchev–Trinajstić information content (AvgIpc) is 2.09. The normalized spacial score (nSPS) is 12.2. The Kier molecular flexibility index (Phi) is 3.47. The van der Waals surface area contributed by atoms with Crippen molar-refractivity contribution in [3.8, 4) is 0 Å². The predicted octanol–water partition coefficient (Wildman–Crippen LogP) is 1.71. The van der Waals surface area contributed by atoms with E-state index in [0.29, 0.717) is 5.69 Å². The Morgan fingerprint density at radius 3 is 2.47 bits per heavy atom. The minimum Gasteiger partial charge on any atom is -0.478 e. The summed E-state index contributed by atoms with van der Waals surface area (Å²) in [5.74, 6) is -0.971. The van der Waals surface area contributed by atoms with Crippen molar-refractivity contribution in [3.63, 3.8) is 0 Å². The summed E-state index contributed by atoms with van der Waals surface area (Å²) in [4.78, 5) is 10.9. The second-order valence-electron chi connectivity index (χ2n) is 3.33. The number of carboxylic acids is 1. The molecule has 0 radical (unpaired) electrons. The first kappa shape index (κ1) is 11.7. The Balaban J connectivity index is 3.23. The number of carbonyl (C=O) groups is 1. The summed E-state index contributed by atoms with van der Waals surface area (Å²) in [5, 5.41) is 8.95. The molecule has 82 valence electrons. The lowest BCUT2D eigenvalue weighted by atomic mass is 10.0. The quantitative estimate of drug-likeness (QED) is 0.826. The van der Waals surface area contributed by atoms with Crippen LogP contribution in [0.25, 0.3) is 0 Å². The fourth-order valence-electron chi connectivity index (χ4n) is 1.31. The summed E-state index contributed by atoms with van der Waals surface area (Å²) in [6, 6.07) is 3.27. The highest BCUT2D eigenvalue weighted by Gasteiger charge is 2.10. The minimum atomic E-state index is -1.20. The van der Waals surface area contributed by atoms with Gasteiger partial charge in [-0.1, -0.05) is 0 Å². The number of aryl methyl sites for hydroxylation is 1. The average molecular weight is 227 g/mol. The molecular weight excluding hydrogens is 214 g/mol. The highest BCUT2D eigenvalue weighted by Crippen LogP contribution is 2.20. The van der Waals surface area contributed by atoms with Gasteiger partial charge in [0.1, 0.15) is 11.0 Å². The Morgan fingerprint density at radius 2 is 2.00 bits per heavy atom. The molecule has 0 aliphatic carbocycles. The third-order valence-corrected chi connectivity index (χ3v) is 2.68. The maximum atomic E-state index is 10.9. The fraction of sp³-hybridized carbons (Fsp3) is 0.300. The van der Waals surface area contributed by atoms with Gasteiger partial charge in [0.2, 0.25) is 0 Å². The molecule has 1 aromatic carbocycles. The highest BCUT2D eigenvalue weighted by atomic mass is 32.2. The fourth-order valence-corrected chi connectivity index (χ4v) is 1.76. The monoisotopic (exact) mass is 227 g/mol. The standard InChI is InChI=1S/C10H13NO3S/c1-6-4-8(11-15(3)14)5-9(7(6)2)10(12)13/h4-5,11H,1-3H3,(H,12,13). The first-order valence-corrected chi connectivity index (χ1v) is 5.92. The van der Waals surface area contributed by atoms with Crippen LogP contribution in [0.15, 0.2) is 12.1 Å². The summed E-state index contributed by atoms with van der Waals surface area (Å²) in [7, 11) is -1.20. The third kappa shape index (κ3) is 2.79. The second-order valence-corrected chi connectivity index (χ2v) is 4.44. The molecule has 0 heterocycles. The van der Waals surface area contributed by atoms with Gasteiger partial charge < -0.3 is 9.83 Å². The van der Waals surface area contributed by atoms with Gasteiger partial charge in [0.15, 0.2) is 0 Å². The topological polar surface area (TPSA) is 66.4 Å². The number of hydrogen-bond donors (Lipinski definition) is 2. The van der Waals surface area contributed by atoms with Crippen LogP contribution < -0.4 is 4.72 Å². The van der Waals surface area contributed by atoms with Crippen molar-refractivity contribution in [1.82, 2.24) is 0 Å². The van der Waals surface area contributed by atoms with E-state index in [9.17, 15) is 9.00 Å². The lowest BCUT2D eigenvalue weighted by Gasteiger charge is -2.09. The molecule has 1 unspecified atom stereocenters. The van der Waals surface area contributed by atoms with Gasteiger partial charge in [-0.15, -0.1) is 0 Å². The number of rotatable bonds is 3. The zero-order chi connectivity index (χ0) is 11.6. The van der Waals surface area contributed by atoms with E-state index in [4.69, 9.17) is 5.11 Å². The molecule has 4 nitrogen and oxygen atoms in total. The van der Waals surface area contributed by atoms with Gasteiger partial charge in [0, 0.05) is 11.9 Å². The molecule has 15 heavy (non-hydrogen) atoms. The molecule has 0 aromatic heterocycles. The molecule has 1 atom stereocenters. The lowest BCUT2D eigenvalue weighted by Crippen LogP contribution is -2.06. The Morgan fingerprint density at radius 1 is 1.40 bits per heavy atom. The molecule has 0 fully saturated rings. The van der Waals surface area contributed by atoms with Gasteiger partial charge in [0.25, 0.3) is 0 Å². The summed E-state index contributed by atoms with van der Waals surface area (Å²) < 4.78 is 13.6. The molecule has 0 saturated carbocycles. The van der Waals surface area contributed by atoms with Gasteiger partial charge in [-0.05, 0) is 37.1 Å². The van der Waals surface area contributed by atoms with E-state index in [0.717, 1.165) is 11.1 Å². The Hall–Kier alpha value is -1.36. The number of hydrogen-bond acceptors (Lipinski definition) is 2. The van der Waals surface area contributed by atoms with Crippen LogP contribution in [-0.2, 0) is 11.0 Å². The maximum absolute atomic E-state index is 10.9. The molecule has 1 aromatic rings. The van der Waals surface area contributed by atoms with E-state index in [2.05, 4.69) is 4.72 Å². The molecule has 5 heteroatoms. The van der Waals surface area contributed by atoms with Crippen LogP contribution in [-0.4, -0.2) is 21.5 Å². The van der Waals surface area contributed by atoms with Crippen LogP contribution >= 0.6 is 0 Å². The van der Waals surface area contributed by atoms with Crippen molar-refractivity contribution < 1.29 is 14.1 Å². The van der Waals surface area contributed by atoms with Crippen LogP contribution in [0.3, 0.4) is 0 Å². The number of aromatic carboxylic acids is 1. The van der Waals surface area contributed by atoms with Crippen LogP contribution in [0.2, 0.25) is 0 Å². The van der Waals surface area contributed by atoms with Crippen LogP contribution in [0.1, 0.15) is 21.5 Å². The summed E-state index contributed by atoms with van der Waals surface area (Å²) in [6.45, 7) is 3.58. The van der Waals surface area contributed by atoms with E-state index < -0.39 is 17.0 Å². The van der Waals surface area contributed by atoms with Gasteiger partial charge in [-0.3, -0.25) is 0 Å². The van der Waals surface area contributed by atoms with Gasteiger partial charge in [-0.25, -0.2) is 9.00 Å². The SMILES string of the molecule is Cc1cc(NS(C)=O)cc(C(=O)O)c1C. The molecule has 1 rings (SSSR count). The van der Waals surface area contributed by atoms with Crippen LogP contribution in [0, 0.1) is 13.8 Å². The molecule has 0 bridgehead atoms. The van der Waals surface area contributed by atoms with Crippen molar-refractivity contribution in [2.24, 2.45) is 0 Å². The molecule has 0 saturated heterocycles. The van der Waals surface area contributed by atoms with Crippen molar-refractivity contribution >= 4 is 22.6 Å². The third-order valence-electron chi connectivity index (χ3n) is 2.16. The van der Waals surface area contributed by atoms with E-state index in [1.807, 2.05) is 6.92 Å². The summed E-state index contributed by atoms with van der Waals surface area (Å²) in [6.07, 6.45) is 1.50. The lowest BCUT2D eigenvalue weighted by molar-refractivity contribution is 0.0696. The highest BCUT2D eigenvalue weighted by molar-refractivity contribution is 7.85. The number of anilines is 1. The van der Waals surface area contributed by atoms with E-state index in [1.54, 1.807) is 13.0 Å². The molecular formula is C10H13NO3S. The predicted molar refractivity (Wildman–Crippen MR) is 60.6 cm³/mol.